The summed E-state index contributed by atoms with van der Waals surface area (Å²) in [5.41, 5.74) is 0.693. The third kappa shape index (κ3) is 3.94. The van der Waals surface area contributed by atoms with Crippen molar-refractivity contribution in [1.29, 1.82) is 0 Å². The van der Waals surface area contributed by atoms with Crippen LogP contribution in [0.15, 0.2) is 24.3 Å². The normalized spacial score (nSPS) is 21.9. The van der Waals surface area contributed by atoms with Crippen molar-refractivity contribution in [3.05, 3.63) is 35.6 Å². The zero-order chi connectivity index (χ0) is 17.0. The van der Waals surface area contributed by atoms with Crippen LogP contribution in [-0.2, 0) is 15.1 Å². The number of nitrogens with zero attached hydrogens (tertiary/aromatic N) is 1. The molecule has 1 amide bonds. The number of likely N-dealkylation sites (tertiary alicyclic amines) is 1. The van der Waals surface area contributed by atoms with E-state index in [2.05, 4.69) is 5.32 Å². The Morgan fingerprint density at radius 1 is 1.29 bits per heavy atom. The number of β-amino-alcohol motifs (C(OH)–C–C–N with tert-alkyl or cyclic N) is 1. The molecule has 0 radical (unpaired) electrons. The van der Waals surface area contributed by atoms with Gasteiger partial charge < -0.3 is 20.1 Å². The Kier molecular flexibility index (Phi) is 5.48. The lowest BCUT2D eigenvalue weighted by atomic mass is 9.82. The average molecular weight is 336 g/mol. The minimum atomic E-state index is -0.618. The molecule has 0 aromatic heterocycles. The molecule has 3 rings (SSSR count). The highest BCUT2D eigenvalue weighted by Crippen LogP contribution is 2.32. The van der Waals surface area contributed by atoms with Crippen LogP contribution in [0.25, 0.3) is 0 Å². The van der Waals surface area contributed by atoms with Gasteiger partial charge in [-0.25, -0.2) is 4.39 Å². The second-order valence-electron chi connectivity index (χ2n) is 6.68. The topological polar surface area (TPSA) is 61.8 Å². The highest BCUT2D eigenvalue weighted by atomic mass is 19.1. The van der Waals surface area contributed by atoms with Crippen LogP contribution in [-0.4, -0.2) is 54.9 Å². The molecule has 1 aromatic carbocycles. The molecule has 2 N–H and O–H groups in total. The highest BCUT2D eigenvalue weighted by Gasteiger charge is 2.34. The summed E-state index contributed by atoms with van der Waals surface area (Å²) in [7, 11) is 0. The number of carbonyl (C=O) groups is 1. The van der Waals surface area contributed by atoms with Crippen molar-refractivity contribution in [2.45, 2.75) is 37.3 Å². The summed E-state index contributed by atoms with van der Waals surface area (Å²) in [4.78, 5) is 13.4. The van der Waals surface area contributed by atoms with Gasteiger partial charge in [0.1, 0.15) is 5.82 Å². The van der Waals surface area contributed by atoms with Crippen molar-refractivity contribution in [2.75, 3.05) is 32.8 Å². The Balaban J connectivity index is 1.64. The van der Waals surface area contributed by atoms with Gasteiger partial charge in [0.25, 0.3) is 0 Å². The largest absolute Gasteiger partial charge is 0.390 e. The summed E-state index contributed by atoms with van der Waals surface area (Å²) in [6, 6.07) is 6.52. The smallest absolute Gasteiger partial charge is 0.222 e. The minimum Gasteiger partial charge on any atom is -0.390 e. The molecular formula is C18H25FN2O3. The number of aliphatic hydroxyl groups excluding tert-OH is 1. The Labute approximate surface area is 141 Å². The molecule has 2 aliphatic rings. The molecule has 1 unspecified atom stereocenters. The number of halogens is 1. The molecular weight excluding hydrogens is 311 g/mol. The Morgan fingerprint density at radius 3 is 2.62 bits per heavy atom. The zero-order valence-corrected chi connectivity index (χ0v) is 13.8. The van der Waals surface area contributed by atoms with Gasteiger partial charge in [0, 0.05) is 44.8 Å². The number of nitrogens with one attached hydrogen (secondary N) is 1. The SMILES string of the molecule is O=C1CCCN1CC(O)CNC1(c2ccc(F)cc2)CCOCC1. The molecule has 132 valence electrons. The number of amides is 1. The van der Waals surface area contributed by atoms with Crippen molar-refractivity contribution < 1.29 is 19.0 Å². The lowest BCUT2D eigenvalue weighted by Gasteiger charge is -2.39. The van der Waals surface area contributed by atoms with Crippen molar-refractivity contribution >= 4 is 5.91 Å². The van der Waals surface area contributed by atoms with Gasteiger partial charge in [0.05, 0.1) is 6.10 Å². The van der Waals surface area contributed by atoms with Crippen molar-refractivity contribution in [2.24, 2.45) is 0 Å². The molecule has 2 heterocycles. The van der Waals surface area contributed by atoms with Gasteiger partial charge in [-0.2, -0.15) is 0 Å². The first-order valence-electron chi connectivity index (χ1n) is 8.64. The number of hydrogen-bond donors (Lipinski definition) is 2. The van der Waals surface area contributed by atoms with E-state index in [0.29, 0.717) is 32.7 Å². The lowest BCUT2D eigenvalue weighted by molar-refractivity contribution is -0.128. The van der Waals surface area contributed by atoms with Gasteiger partial charge in [-0.15, -0.1) is 0 Å². The van der Waals surface area contributed by atoms with E-state index in [1.54, 1.807) is 17.0 Å². The fourth-order valence-corrected chi connectivity index (χ4v) is 3.59. The molecule has 1 aromatic rings. The summed E-state index contributed by atoms with van der Waals surface area (Å²) >= 11 is 0. The summed E-state index contributed by atoms with van der Waals surface area (Å²) in [6.45, 7) is 2.74. The van der Waals surface area contributed by atoms with Crippen molar-refractivity contribution in [3.8, 4) is 0 Å². The van der Waals surface area contributed by atoms with Gasteiger partial charge in [-0.05, 0) is 37.0 Å². The van der Waals surface area contributed by atoms with Crippen LogP contribution in [0.1, 0.15) is 31.2 Å². The summed E-state index contributed by atoms with van der Waals surface area (Å²) in [5, 5.41) is 13.8. The summed E-state index contributed by atoms with van der Waals surface area (Å²) < 4.78 is 18.7. The maximum Gasteiger partial charge on any atom is 0.222 e. The summed E-state index contributed by atoms with van der Waals surface area (Å²) in [5.74, 6) is -0.137. The average Bonchev–Trinajstić information content (AvgIpc) is 2.99. The van der Waals surface area contributed by atoms with E-state index in [1.165, 1.54) is 12.1 Å². The van der Waals surface area contributed by atoms with Crippen LogP contribution in [0.2, 0.25) is 0 Å². The predicted octanol–water partition coefficient (Wildman–Crippen LogP) is 1.40. The van der Waals surface area contributed by atoms with Gasteiger partial charge in [0.15, 0.2) is 0 Å². The van der Waals surface area contributed by atoms with E-state index in [9.17, 15) is 14.3 Å². The van der Waals surface area contributed by atoms with E-state index in [0.717, 1.165) is 31.4 Å². The quantitative estimate of drug-likeness (QED) is 0.824. The van der Waals surface area contributed by atoms with E-state index in [4.69, 9.17) is 4.74 Å². The highest BCUT2D eigenvalue weighted by molar-refractivity contribution is 5.78. The Morgan fingerprint density at radius 2 is 2.00 bits per heavy atom. The van der Waals surface area contributed by atoms with Gasteiger partial charge in [-0.3, -0.25) is 4.79 Å². The van der Waals surface area contributed by atoms with E-state index in [-0.39, 0.29) is 17.3 Å². The number of hydrogen-bond acceptors (Lipinski definition) is 4. The molecule has 0 spiro atoms. The van der Waals surface area contributed by atoms with E-state index >= 15 is 0 Å². The van der Waals surface area contributed by atoms with Crippen LogP contribution >= 0.6 is 0 Å². The fourth-order valence-electron chi connectivity index (χ4n) is 3.59. The molecule has 0 aliphatic carbocycles. The standard InChI is InChI=1S/C18H25FN2O3/c19-15-5-3-14(4-6-15)18(7-10-24-11-8-18)20-12-16(22)13-21-9-1-2-17(21)23/h3-6,16,20,22H,1-2,7-13H2. The maximum absolute atomic E-state index is 13.2. The van der Waals surface area contributed by atoms with Crippen molar-refractivity contribution in [1.82, 2.24) is 10.2 Å². The lowest BCUT2D eigenvalue weighted by Crippen LogP contribution is -2.50. The third-order valence-electron chi connectivity index (χ3n) is 5.02. The maximum atomic E-state index is 13.2. The minimum absolute atomic E-state index is 0.119. The van der Waals surface area contributed by atoms with E-state index in [1.807, 2.05) is 0 Å². The molecule has 24 heavy (non-hydrogen) atoms. The monoisotopic (exact) mass is 336 g/mol. The van der Waals surface area contributed by atoms with E-state index < -0.39 is 6.10 Å². The molecule has 6 heteroatoms. The first-order chi connectivity index (χ1) is 11.6. The van der Waals surface area contributed by atoms with Gasteiger partial charge in [-0.1, -0.05) is 12.1 Å². The van der Waals surface area contributed by atoms with Gasteiger partial charge in [0.2, 0.25) is 5.91 Å². The first-order valence-corrected chi connectivity index (χ1v) is 8.64. The molecule has 2 fully saturated rings. The molecule has 5 nitrogen and oxygen atoms in total. The zero-order valence-electron chi connectivity index (χ0n) is 13.8. The number of rotatable bonds is 6. The number of ether oxygens (including phenoxy) is 1. The number of carbonyl (C=O) groups excluding carboxylic acids is 1. The Bertz CT molecular complexity index is 558. The van der Waals surface area contributed by atoms with Crippen LogP contribution in [0.5, 0.6) is 0 Å². The number of aliphatic hydroxyl groups is 1. The van der Waals surface area contributed by atoms with Crippen LogP contribution in [0.4, 0.5) is 4.39 Å². The molecule has 2 aliphatic heterocycles. The van der Waals surface area contributed by atoms with Crippen LogP contribution in [0.3, 0.4) is 0 Å². The second-order valence-corrected chi connectivity index (χ2v) is 6.68. The second kappa shape index (κ2) is 7.59. The van der Waals surface area contributed by atoms with Crippen molar-refractivity contribution in [3.63, 3.8) is 0 Å². The first kappa shape index (κ1) is 17.3. The number of benzene rings is 1. The van der Waals surface area contributed by atoms with Gasteiger partial charge >= 0.3 is 0 Å². The molecule has 2 saturated heterocycles. The third-order valence-corrected chi connectivity index (χ3v) is 5.02. The fraction of sp³-hybridized carbons (Fsp3) is 0.611. The molecule has 0 bridgehead atoms. The Hall–Kier alpha value is -1.50. The van der Waals surface area contributed by atoms with Crippen LogP contribution < -0.4 is 5.32 Å². The van der Waals surface area contributed by atoms with Crippen LogP contribution in [0, 0.1) is 5.82 Å². The predicted molar refractivity (Wildman–Crippen MR) is 88.0 cm³/mol. The molecule has 0 saturated carbocycles. The summed E-state index contributed by atoms with van der Waals surface area (Å²) in [6.07, 6.45) is 2.38. The molecule has 1 atom stereocenters.